The average Bonchev–Trinajstić information content (AvgIpc) is 2.96. The molecule has 2 rings (SSSR count). The van der Waals surface area contributed by atoms with Gasteiger partial charge in [0.05, 0.1) is 11.4 Å². The van der Waals surface area contributed by atoms with Gasteiger partial charge in [0.1, 0.15) is 0 Å². The zero-order valence-electron chi connectivity index (χ0n) is 8.53. The third-order valence-electron chi connectivity index (χ3n) is 2.73. The van der Waals surface area contributed by atoms with Gasteiger partial charge in [-0.3, -0.25) is 0 Å². The van der Waals surface area contributed by atoms with E-state index < -0.39 is 0 Å². The Hall–Kier alpha value is -1.38. The quantitative estimate of drug-likeness (QED) is 0.717. The summed E-state index contributed by atoms with van der Waals surface area (Å²) >= 11 is 0. The third kappa shape index (κ3) is 1.62. The van der Waals surface area contributed by atoms with E-state index in [2.05, 4.69) is 11.8 Å². The Balaban J connectivity index is 2.25. The smallest absolute Gasteiger partial charge is 0.0568 e. The van der Waals surface area contributed by atoms with Crippen molar-refractivity contribution in [3.05, 3.63) is 18.2 Å². The minimum atomic E-state index is 0.667. The number of benzene rings is 1. The fraction of sp³-hybridized carbons (Fsp3) is 0.455. The lowest BCUT2D eigenvalue weighted by atomic mass is 10.2. The summed E-state index contributed by atoms with van der Waals surface area (Å²) in [6.45, 7) is 3.21. The van der Waals surface area contributed by atoms with Crippen molar-refractivity contribution < 1.29 is 0 Å². The van der Waals surface area contributed by atoms with Crippen LogP contribution in [0, 0.1) is 0 Å². The zero-order chi connectivity index (χ0) is 10.1. The van der Waals surface area contributed by atoms with E-state index in [9.17, 15) is 0 Å². The molecule has 1 saturated carbocycles. The molecule has 0 saturated heterocycles. The number of anilines is 3. The van der Waals surface area contributed by atoms with Crippen molar-refractivity contribution in [2.75, 3.05) is 22.9 Å². The van der Waals surface area contributed by atoms with Crippen LogP contribution in [-0.4, -0.2) is 12.6 Å². The van der Waals surface area contributed by atoms with Crippen molar-refractivity contribution in [2.24, 2.45) is 0 Å². The minimum absolute atomic E-state index is 0.667. The lowest BCUT2D eigenvalue weighted by molar-refractivity contribution is 0.827. The molecule has 1 aromatic carbocycles. The number of nitrogens with two attached hydrogens (primary N) is 2. The minimum Gasteiger partial charge on any atom is -0.397 e. The maximum Gasteiger partial charge on any atom is 0.0568 e. The van der Waals surface area contributed by atoms with E-state index in [0.717, 1.165) is 12.6 Å². The van der Waals surface area contributed by atoms with Gasteiger partial charge < -0.3 is 16.4 Å². The molecule has 4 N–H and O–H groups in total. The normalized spacial score (nSPS) is 15.5. The number of hydrogen-bond acceptors (Lipinski definition) is 3. The highest BCUT2D eigenvalue weighted by Crippen LogP contribution is 2.33. The van der Waals surface area contributed by atoms with Crippen molar-refractivity contribution in [1.82, 2.24) is 0 Å². The summed E-state index contributed by atoms with van der Waals surface area (Å²) in [6.07, 6.45) is 2.61. The molecule has 1 aliphatic carbocycles. The van der Waals surface area contributed by atoms with Gasteiger partial charge >= 0.3 is 0 Å². The van der Waals surface area contributed by atoms with Crippen LogP contribution in [0.5, 0.6) is 0 Å². The molecule has 0 radical (unpaired) electrons. The topological polar surface area (TPSA) is 55.3 Å². The molecule has 0 spiro atoms. The van der Waals surface area contributed by atoms with Crippen LogP contribution in [0.2, 0.25) is 0 Å². The van der Waals surface area contributed by atoms with Gasteiger partial charge in [0.2, 0.25) is 0 Å². The Morgan fingerprint density at radius 3 is 2.50 bits per heavy atom. The molecular formula is C11H17N3. The molecule has 0 bridgehead atoms. The number of rotatable bonds is 3. The molecule has 0 unspecified atom stereocenters. The van der Waals surface area contributed by atoms with Crippen molar-refractivity contribution in [3.63, 3.8) is 0 Å². The maximum absolute atomic E-state index is 5.78. The zero-order valence-corrected chi connectivity index (χ0v) is 8.53. The summed E-state index contributed by atoms with van der Waals surface area (Å²) in [5.41, 5.74) is 14.0. The molecule has 76 valence electrons. The standard InChI is InChI=1S/C11H17N3/c1-2-14(8-3-4-8)9-5-6-10(12)11(13)7-9/h5-8H,2-4,12-13H2,1H3. The fourth-order valence-electron chi connectivity index (χ4n) is 1.78. The number of nitrogen functional groups attached to an aromatic ring is 2. The molecule has 3 heteroatoms. The largest absolute Gasteiger partial charge is 0.397 e. The number of nitrogens with zero attached hydrogens (tertiary/aromatic N) is 1. The lowest BCUT2D eigenvalue weighted by Gasteiger charge is -2.23. The average molecular weight is 191 g/mol. The van der Waals surface area contributed by atoms with Crippen molar-refractivity contribution in [2.45, 2.75) is 25.8 Å². The number of hydrogen-bond donors (Lipinski definition) is 2. The Labute approximate surface area is 84.7 Å². The van der Waals surface area contributed by atoms with Crippen LogP contribution in [0.4, 0.5) is 17.1 Å². The maximum atomic E-state index is 5.78. The SMILES string of the molecule is CCN(c1ccc(N)c(N)c1)C1CC1. The summed E-state index contributed by atoms with van der Waals surface area (Å²) in [4.78, 5) is 2.38. The molecule has 0 aromatic heterocycles. The van der Waals surface area contributed by atoms with Crippen LogP contribution < -0.4 is 16.4 Å². The van der Waals surface area contributed by atoms with Gasteiger partial charge in [0, 0.05) is 18.3 Å². The highest BCUT2D eigenvalue weighted by Gasteiger charge is 2.28. The Morgan fingerprint density at radius 1 is 1.29 bits per heavy atom. The first-order valence-electron chi connectivity index (χ1n) is 5.14. The molecule has 1 aliphatic rings. The van der Waals surface area contributed by atoms with Gasteiger partial charge in [-0.05, 0) is 38.0 Å². The van der Waals surface area contributed by atoms with Crippen LogP contribution >= 0.6 is 0 Å². The van der Waals surface area contributed by atoms with E-state index in [-0.39, 0.29) is 0 Å². The van der Waals surface area contributed by atoms with Crippen LogP contribution in [0.15, 0.2) is 18.2 Å². The van der Waals surface area contributed by atoms with Gasteiger partial charge in [-0.1, -0.05) is 0 Å². The van der Waals surface area contributed by atoms with E-state index in [4.69, 9.17) is 11.5 Å². The van der Waals surface area contributed by atoms with E-state index in [1.165, 1.54) is 18.5 Å². The van der Waals surface area contributed by atoms with Gasteiger partial charge in [0.25, 0.3) is 0 Å². The Bertz CT molecular complexity index is 331. The molecule has 0 heterocycles. The molecular weight excluding hydrogens is 174 g/mol. The van der Waals surface area contributed by atoms with Gasteiger partial charge in [-0.25, -0.2) is 0 Å². The second-order valence-corrected chi connectivity index (χ2v) is 3.83. The molecule has 3 nitrogen and oxygen atoms in total. The summed E-state index contributed by atoms with van der Waals surface area (Å²) < 4.78 is 0. The predicted molar refractivity (Wildman–Crippen MR) is 61.3 cm³/mol. The Kier molecular flexibility index (Phi) is 2.23. The first-order valence-corrected chi connectivity index (χ1v) is 5.14. The molecule has 14 heavy (non-hydrogen) atoms. The van der Waals surface area contributed by atoms with Crippen LogP contribution in [0.25, 0.3) is 0 Å². The predicted octanol–water partition coefficient (Wildman–Crippen LogP) is 1.84. The van der Waals surface area contributed by atoms with E-state index in [1.807, 2.05) is 18.2 Å². The Morgan fingerprint density at radius 2 is 2.00 bits per heavy atom. The molecule has 0 aliphatic heterocycles. The summed E-state index contributed by atoms with van der Waals surface area (Å²) in [6, 6.07) is 6.63. The van der Waals surface area contributed by atoms with Gasteiger partial charge in [0.15, 0.2) is 0 Å². The third-order valence-corrected chi connectivity index (χ3v) is 2.73. The van der Waals surface area contributed by atoms with Crippen molar-refractivity contribution >= 4 is 17.1 Å². The van der Waals surface area contributed by atoms with Crippen LogP contribution in [0.3, 0.4) is 0 Å². The highest BCUT2D eigenvalue weighted by atomic mass is 15.2. The van der Waals surface area contributed by atoms with Gasteiger partial charge in [-0.15, -0.1) is 0 Å². The van der Waals surface area contributed by atoms with Crippen LogP contribution in [-0.2, 0) is 0 Å². The second-order valence-electron chi connectivity index (χ2n) is 3.83. The summed E-state index contributed by atoms with van der Waals surface area (Å²) in [5, 5.41) is 0. The molecule has 1 aromatic rings. The van der Waals surface area contributed by atoms with Crippen molar-refractivity contribution in [1.29, 1.82) is 0 Å². The molecule has 0 atom stereocenters. The first-order chi connectivity index (χ1) is 6.72. The summed E-state index contributed by atoms with van der Waals surface area (Å²) in [5.74, 6) is 0. The second kappa shape index (κ2) is 3.40. The summed E-state index contributed by atoms with van der Waals surface area (Å²) in [7, 11) is 0. The molecule has 0 amide bonds. The molecule has 1 fully saturated rings. The first kappa shape index (κ1) is 9.19. The highest BCUT2D eigenvalue weighted by molar-refractivity contribution is 5.70. The van der Waals surface area contributed by atoms with E-state index in [1.54, 1.807) is 0 Å². The monoisotopic (exact) mass is 191 g/mol. The van der Waals surface area contributed by atoms with E-state index in [0.29, 0.717) is 11.4 Å². The lowest BCUT2D eigenvalue weighted by Crippen LogP contribution is -2.25. The van der Waals surface area contributed by atoms with Gasteiger partial charge in [-0.2, -0.15) is 0 Å². The van der Waals surface area contributed by atoms with E-state index >= 15 is 0 Å². The fourth-order valence-corrected chi connectivity index (χ4v) is 1.78. The van der Waals surface area contributed by atoms with Crippen LogP contribution in [0.1, 0.15) is 19.8 Å². The van der Waals surface area contributed by atoms with Crippen molar-refractivity contribution in [3.8, 4) is 0 Å².